The average Bonchev–Trinajstić information content (AvgIpc) is 3.19. The van der Waals surface area contributed by atoms with E-state index in [0.29, 0.717) is 13.0 Å². The number of benzene rings is 2. The van der Waals surface area contributed by atoms with Crippen molar-refractivity contribution in [3.63, 3.8) is 0 Å². The number of carbonyl (C=O) groups excluding carboxylic acids is 1. The highest BCUT2D eigenvalue weighted by Gasteiger charge is 2.22. The van der Waals surface area contributed by atoms with Crippen LogP contribution in [0.25, 0.3) is 0 Å². The van der Waals surface area contributed by atoms with Crippen molar-refractivity contribution < 1.29 is 4.79 Å². The fourth-order valence-electron chi connectivity index (χ4n) is 3.50. The fraction of sp³-hybridized carbons (Fsp3) is 0.200. The number of hydrogen-bond donors (Lipinski definition) is 1. The van der Waals surface area contributed by atoms with Gasteiger partial charge < -0.3 is 9.88 Å². The van der Waals surface area contributed by atoms with E-state index in [-0.39, 0.29) is 11.8 Å². The van der Waals surface area contributed by atoms with E-state index in [2.05, 4.69) is 20.5 Å². The van der Waals surface area contributed by atoms with Crippen molar-refractivity contribution in [2.45, 2.75) is 23.2 Å². The second kappa shape index (κ2) is 10.7. The molecule has 0 bridgehead atoms. The van der Waals surface area contributed by atoms with Crippen LogP contribution in [0.4, 0.5) is 0 Å². The predicted octanol–water partition coefficient (Wildman–Crippen LogP) is 3.99. The molecule has 6 nitrogen and oxygen atoms in total. The SMILES string of the molecule is Cn1c(CCNC(=O)C(c2ccccc2)c2ccccc2)nnc1SCc1ccccn1. The standard InChI is InChI=1S/C25H25N5OS/c1-30-22(28-29-25(30)32-18-21-14-8-9-16-26-21)15-17-27-24(31)23(19-10-4-2-5-11-19)20-12-6-3-7-13-20/h2-14,16,23H,15,17-18H2,1H3,(H,27,31). The Kier molecular flexibility index (Phi) is 7.30. The van der Waals surface area contributed by atoms with Gasteiger partial charge in [0.05, 0.1) is 11.6 Å². The molecule has 0 aliphatic rings. The molecule has 0 spiro atoms. The average molecular weight is 444 g/mol. The lowest BCUT2D eigenvalue weighted by molar-refractivity contribution is -0.121. The minimum absolute atomic E-state index is 0.0191. The summed E-state index contributed by atoms with van der Waals surface area (Å²) in [5, 5.41) is 12.5. The molecule has 2 aromatic carbocycles. The van der Waals surface area contributed by atoms with Crippen molar-refractivity contribution in [2.24, 2.45) is 7.05 Å². The molecule has 4 rings (SSSR count). The van der Waals surface area contributed by atoms with Gasteiger partial charge in [-0.2, -0.15) is 0 Å². The number of nitrogens with one attached hydrogen (secondary N) is 1. The molecule has 0 fully saturated rings. The summed E-state index contributed by atoms with van der Waals surface area (Å²) in [6.07, 6.45) is 2.40. The number of rotatable bonds is 9. The predicted molar refractivity (Wildman–Crippen MR) is 126 cm³/mol. The van der Waals surface area contributed by atoms with Crippen LogP contribution in [0.15, 0.2) is 90.2 Å². The van der Waals surface area contributed by atoms with E-state index in [1.165, 1.54) is 0 Å². The van der Waals surface area contributed by atoms with E-state index in [1.54, 1.807) is 18.0 Å². The van der Waals surface area contributed by atoms with Gasteiger partial charge in [0.1, 0.15) is 5.82 Å². The third kappa shape index (κ3) is 5.42. The van der Waals surface area contributed by atoms with Gasteiger partial charge >= 0.3 is 0 Å². The molecule has 32 heavy (non-hydrogen) atoms. The van der Waals surface area contributed by atoms with Crippen LogP contribution in [-0.4, -0.2) is 32.2 Å². The van der Waals surface area contributed by atoms with E-state index in [1.807, 2.05) is 90.5 Å². The molecule has 0 saturated carbocycles. The number of aromatic nitrogens is 4. The molecule has 0 radical (unpaired) electrons. The minimum atomic E-state index is -0.346. The van der Waals surface area contributed by atoms with Crippen LogP contribution in [-0.2, 0) is 24.0 Å². The highest BCUT2D eigenvalue weighted by Crippen LogP contribution is 2.25. The first-order valence-electron chi connectivity index (χ1n) is 10.5. The normalized spacial score (nSPS) is 10.9. The topological polar surface area (TPSA) is 72.7 Å². The Balaban J connectivity index is 1.37. The third-order valence-corrected chi connectivity index (χ3v) is 6.23. The van der Waals surface area contributed by atoms with Crippen molar-refractivity contribution in [3.05, 3.63) is 108 Å². The summed E-state index contributed by atoms with van der Waals surface area (Å²) in [6, 6.07) is 25.6. The van der Waals surface area contributed by atoms with Gasteiger partial charge in [0.2, 0.25) is 5.91 Å². The van der Waals surface area contributed by atoms with Gasteiger partial charge in [-0.15, -0.1) is 10.2 Å². The van der Waals surface area contributed by atoms with Crippen LogP contribution in [0, 0.1) is 0 Å². The molecular formula is C25H25N5OS. The Bertz CT molecular complexity index is 1090. The molecule has 4 aromatic rings. The maximum Gasteiger partial charge on any atom is 0.232 e. The van der Waals surface area contributed by atoms with Gasteiger partial charge in [-0.3, -0.25) is 9.78 Å². The Hall–Kier alpha value is -3.45. The van der Waals surface area contributed by atoms with E-state index in [9.17, 15) is 4.79 Å². The van der Waals surface area contributed by atoms with Crippen molar-refractivity contribution in [1.29, 1.82) is 0 Å². The molecule has 0 saturated heterocycles. The first-order valence-corrected chi connectivity index (χ1v) is 11.5. The zero-order valence-electron chi connectivity index (χ0n) is 17.9. The molecule has 0 aliphatic carbocycles. The Morgan fingerprint density at radius 1 is 0.938 bits per heavy atom. The maximum atomic E-state index is 13.1. The van der Waals surface area contributed by atoms with Crippen LogP contribution < -0.4 is 5.32 Å². The summed E-state index contributed by atoms with van der Waals surface area (Å²) in [7, 11) is 1.95. The first-order chi connectivity index (χ1) is 15.7. The minimum Gasteiger partial charge on any atom is -0.355 e. The first kappa shape index (κ1) is 21.8. The highest BCUT2D eigenvalue weighted by atomic mass is 32.2. The number of pyridine rings is 1. The summed E-state index contributed by atoms with van der Waals surface area (Å²) in [4.78, 5) is 17.5. The summed E-state index contributed by atoms with van der Waals surface area (Å²) >= 11 is 1.60. The summed E-state index contributed by atoms with van der Waals surface area (Å²) < 4.78 is 1.98. The van der Waals surface area contributed by atoms with Gasteiger partial charge in [0, 0.05) is 32.0 Å². The molecule has 0 aliphatic heterocycles. The Labute approximate surface area is 192 Å². The molecule has 2 heterocycles. The van der Waals surface area contributed by atoms with E-state index in [4.69, 9.17) is 0 Å². The van der Waals surface area contributed by atoms with E-state index < -0.39 is 0 Å². The lowest BCUT2D eigenvalue weighted by atomic mass is 9.90. The van der Waals surface area contributed by atoms with Crippen molar-refractivity contribution in [1.82, 2.24) is 25.1 Å². The highest BCUT2D eigenvalue weighted by molar-refractivity contribution is 7.98. The smallest absolute Gasteiger partial charge is 0.232 e. The van der Waals surface area contributed by atoms with Gasteiger partial charge in [0.15, 0.2) is 5.16 Å². The monoisotopic (exact) mass is 443 g/mol. The third-order valence-electron chi connectivity index (χ3n) is 5.18. The maximum absolute atomic E-state index is 13.1. The second-order valence-electron chi connectivity index (χ2n) is 7.36. The van der Waals surface area contributed by atoms with Crippen molar-refractivity contribution in [2.75, 3.05) is 6.54 Å². The van der Waals surface area contributed by atoms with E-state index >= 15 is 0 Å². The molecule has 0 unspecified atom stereocenters. The zero-order chi connectivity index (χ0) is 22.2. The number of carbonyl (C=O) groups is 1. The lowest BCUT2D eigenvalue weighted by Crippen LogP contribution is -2.32. The van der Waals surface area contributed by atoms with Gasteiger partial charge in [-0.1, -0.05) is 78.5 Å². The number of hydrogen-bond acceptors (Lipinski definition) is 5. The quantitative estimate of drug-likeness (QED) is 0.396. The fourth-order valence-corrected chi connectivity index (χ4v) is 4.34. The van der Waals surface area contributed by atoms with Crippen LogP contribution in [0.2, 0.25) is 0 Å². The van der Waals surface area contributed by atoms with Crippen molar-refractivity contribution >= 4 is 17.7 Å². The van der Waals surface area contributed by atoms with Gasteiger partial charge in [-0.25, -0.2) is 0 Å². The summed E-state index contributed by atoms with van der Waals surface area (Å²) in [5.41, 5.74) is 2.95. The van der Waals surface area contributed by atoms with Gasteiger partial charge in [-0.05, 0) is 23.3 Å². The molecular weight excluding hydrogens is 418 g/mol. The Morgan fingerprint density at radius 3 is 2.22 bits per heavy atom. The largest absolute Gasteiger partial charge is 0.355 e. The second-order valence-corrected chi connectivity index (χ2v) is 8.31. The van der Waals surface area contributed by atoms with Gasteiger partial charge in [0.25, 0.3) is 0 Å². The van der Waals surface area contributed by atoms with Crippen LogP contribution >= 0.6 is 11.8 Å². The van der Waals surface area contributed by atoms with E-state index in [0.717, 1.165) is 33.6 Å². The lowest BCUT2D eigenvalue weighted by Gasteiger charge is -2.18. The number of amides is 1. The molecule has 1 amide bonds. The molecule has 0 atom stereocenters. The Morgan fingerprint density at radius 2 is 1.59 bits per heavy atom. The zero-order valence-corrected chi connectivity index (χ0v) is 18.7. The summed E-state index contributed by atoms with van der Waals surface area (Å²) in [6.45, 7) is 0.492. The van der Waals surface area contributed by atoms with Crippen molar-refractivity contribution in [3.8, 4) is 0 Å². The van der Waals surface area contributed by atoms with Crippen LogP contribution in [0.5, 0.6) is 0 Å². The molecule has 162 valence electrons. The summed E-state index contributed by atoms with van der Waals surface area (Å²) in [5.74, 6) is 1.21. The molecule has 2 aromatic heterocycles. The molecule has 7 heteroatoms. The van der Waals surface area contributed by atoms with Crippen LogP contribution in [0.1, 0.15) is 28.6 Å². The number of nitrogens with zero attached hydrogens (tertiary/aromatic N) is 4. The molecule has 1 N–H and O–H groups in total. The number of thioether (sulfide) groups is 1. The van der Waals surface area contributed by atoms with Crippen LogP contribution in [0.3, 0.4) is 0 Å².